The van der Waals surface area contributed by atoms with E-state index in [1.165, 1.54) is 49.4 Å². The van der Waals surface area contributed by atoms with Crippen LogP contribution in [0.1, 0.15) is 25.2 Å². The third-order valence-electron chi connectivity index (χ3n) is 6.31. The number of halogens is 4. The minimum absolute atomic E-state index is 0.0278. The van der Waals surface area contributed by atoms with E-state index in [1.807, 2.05) is 0 Å². The van der Waals surface area contributed by atoms with Gasteiger partial charge in [-0.1, -0.05) is 30.7 Å². The minimum Gasteiger partial charge on any atom is -0.478 e. The molecule has 2 N–H and O–H groups in total. The molecule has 216 valence electrons. The summed E-state index contributed by atoms with van der Waals surface area (Å²) in [5.41, 5.74) is -2.43. The minimum atomic E-state index is -5.02. The molecule has 4 rings (SSSR count). The number of benzene rings is 1. The first-order chi connectivity index (χ1) is 19.1. The van der Waals surface area contributed by atoms with Crippen molar-refractivity contribution in [2.45, 2.75) is 37.6 Å². The monoisotopic (exact) mass is 609 g/mol. The van der Waals surface area contributed by atoms with E-state index < -0.39 is 57.1 Å². The van der Waals surface area contributed by atoms with E-state index in [9.17, 15) is 31.2 Å². The lowest BCUT2D eigenvalue weighted by Gasteiger charge is -2.28. The van der Waals surface area contributed by atoms with Crippen LogP contribution in [0.3, 0.4) is 0 Å². The van der Waals surface area contributed by atoms with Gasteiger partial charge in [-0.15, -0.1) is 0 Å². The predicted octanol–water partition coefficient (Wildman–Crippen LogP) is 3.95. The highest BCUT2D eigenvalue weighted by atomic mass is 35.5. The Balaban J connectivity index is 1.75. The van der Waals surface area contributed by atoms with Gasteiger partial charge in [-0.25, -0.2) is 18.5 Å². The number of rotatable bonds is 7. The Kier molecular flexibility index (Phi) is 8.09. The zero-order valence-corrected chi connectivity index (χ0v) is 23.4. The first-order valence-corrected chi connectivity index (χ1v) is 14.2. The van der Waals surface area contributed by atoms with Gasteiger partial charge in [0, 0.05) is 22.9 Å². The number of ether oxygens (including phenoxy) is 1. The molecule has 15 heteroatoms. The summed E-state index contributed by atoms with van der Waals surface area (Å²) in [6.07, 6.45) is -1.58. The van der Waals surface area contributed by atoms with E-state index in [0.29, 0.717) is 11.9 Å². The summed E-state index contributed by atoms with van der Waals surface area (Å²) in [4.78, 5) is 29.2. The van der Waals surface area contributed by atoms with Crippen LogP contribution in [0.25, 0.3) is 11.1 Å². The van der Waals surface area contributed by atoms with Crippen LogP contribution in [0.2, 0.25) is 0 Å². The molecule has 1 aliphatic carbocycles. The molecule has 2 atom stereocenters. The largest absolute Gasteiger partial charge is 0.478 e. The van der Waals surface area contributed by atoms with Crippen LogP contribution in [-0.2, 0) is 22.6 Å². The van der Waals surface area contributed by atoms with Crippen molar-refractivity contribution in [2.75, 3.05) is 6.26 Å². The summed E-state index contributed by atoms with van der Waals surface area (Å²) < 4.78 is 71.9. The average Bonchev–Trinajstić information content (AvgIpc) is 2.88. The summed E-state index contributed by atoms with van der Waals surface area (Å²) in [5.74, 6) is -1.66. The van der Waals surface area contributed by atoms with Crippen LogP contribution in [0.5, 0.6) is 5.75 Å². The molecule has 2 heterocycles. The van der Waals surface area contributed by atoms with Gasteiger partial charge in [0.2, 0.25) is 5.75 Å². The molecule has 0 amide bonds. The fourth-order valence-corrected chi connectivity index (χ4v) is 5.14. The van der Waals surface area contributed by atoms with Gasteiger partial charge in [0.25, 0.3) is 11.1 Å². The normalized spacial score (nSPS) is 17.5. The highest BCUT2D eigenvalue weighted by Gasteiger charge is 2.40. The maximum absolute atomic E-state index is 13.8. The van der Waals surface area contributed by atoms with E-state index in [4.69, 9.17) is 21.7 Å². The maximum atomic E-state index is 13.8. The topological polar surface area (TPSA) is 148 Å². The molecule has 41 heavy (non-hydrogen) atoms. The zero-order chi connectivity index (χ0) is 30.3. The zero-order valence-electron chi connectivity index (χ0n) is 21.8. The molecule has 3 aromatic rings. The first-order valence-electron chi connectivity index (χ1n) is 11.9. The summed E-state index contributed by atoms with van der Waals surface area (Å²) in [6.45, 7) is 2.72. The van der Waals surface area contributed by atoms with Crippen LogP contribution in [-0.4, -0.2) is 46.2 Å². The van der Waals surface area contributed by atoms with Crippen molar-refractivity contribution < 1.29 is 26.3 Å². The summed E-state index contributed by atoms with van der Waals surface area (Å²) in [5, 5.41) is 14.2. The number of alkyl halides is 3. The second kappa shape index (κ2) is 11.1. The highest BCUT2D eigenvalue weighted by molar-refractivity contribution is 7.90. The van der Waals surface area contributed by atoms with Crippen molar-refractivity contribution in [3.8, 4) is 16.9 Å². The Bertz CT molecular complexity index is 1830. The molecule has 10 nitrogen and oxygen atoms in total. The fraction of sp³-hybridized carbons (Fsp3) is 0.269. The Hall–Kier alpha value is -4.04. The molecule has 0 fully saturated rings. The number of H-pyrrole nitrogens is 1. The number of aromatic amines is 1. The van der Waals surface area contributed by atoms with Crippen molar-refractivity contribution in [1.82, 2.24) is 19.7 Å². The lowest BCUT2D eigenvalue weighted by atomic mass is 9.88. The molecule has 0 saturated carbocycles. The van der Waals surface area contributed by atoms with Gasteiger partial charge in [0.1, 0.15) is 6.10 Å². The number of sulfone groups is 1. The molecule has 0 aliphatic heterocycles. The molecule has 0 spiro atoms. The molecule has 2 unspecified atom stereocenters. The van der Waals surface area contributed by atoms with Gasteiger partial charge < -0.3 is 10.1 Å². The standard InChI is InChI=1S/C26H23ClF3N5O5S/c1-13-19(14(2)31)8-16(27)9-21(13)40-22-23(26(28,29)30)32-12-35(25(22)37)11-17-10-20(24(36)34-33-17)15-5-4-6-18(7-15)41(3,38)39/h4-10,12-13,21,31H,11H2,1-3H3,(H,34,36). The van der Waals surface area contributed by atoms with Gasteiger partial charge >= 0.3 is 6.18 Å². The fourth-order valence-electron chi connectivity index (χ4n) is 4.23. The highest BCUT2D eigenvalue weighted by Crippen LogP contribution is 2.35. The molecule has 0 bridgehead atoms. The van der Waals surface area contributed by atoms with E-state index >= 15 is 0 Å². The molecule has 0 saturated heterocycles. The molecule has 2 aromatic heterocycles. The van der Waals surface area contributed by atoms with Gasteiger partial charge in [0.15, 0.2) is 15.5 Å². The summed E-state index contributed by atoms with van der Waals surface area (Å²) in [7, 11) is -3.57. The second-order valence-corrected chi connectivity index (χ2v) is 11.9. The number of hydrogen-bond donors (Lipinski definition) is 2. The molecule has 0 radical (unpaired) electrons. The Morgan fingerprint density at radius 1 is 1.24 bits per heavy atom. The summed E-state index contributed by atoms with van der Waals surface area (Å²) in [6, 6.07) is 6.91. The van der Waals surface area contributed by atoms with Crippen LogP contribution < -0.4 is 15.9 Å². The molecule has 1 aromatic carbocycles. The molecular formula is C26H23ClF3N5O5S. The van der Waals surface area contributed by atoms with Crippen molar-refractivity contribution >= 4 is 27.1 Å². The maximum Gasteiger partial charge on any atom is 0.437 e. The Labute approximate surface area is 236 Å². The number of allylic oxidation sites excluding steroid dienone is 2. The van der Waals surface area contributed by atoms with Crippen molar-refractivity contribution in [2.24, 2.45) is 5.92 Å². The van der Waals surface area contributed by atoms with Crippen LogP contribution in [0.15, 0.2) is 73.9 Å². The second-order valence-electron chi connectivity index (χ2n) is 9.40. The number of nitrogens with zero attached hydrogens (tertiary/aromatic N) is 3. The molecular weight excluding hydrogens is 587 g/mol. The van der Waals surface area contributed by atoms with E-state index in [0.717, 1.165) is 10.8 Å². The average molecular weight is 610 g/mol. The van der Waals surface area contributed by atoms with E-state index in [1.54, 1.807) is 6.92 Å². The van der Waals surface area contributed by atoms with Crippen molar-refractivity contribution in [3.05, 3.63) is 91.5 Å². The van der Waals surface area contributed by atoms with E-state index in [-0.39, 0.29) is 32.5 Å². The Morgan fingerprint density at radius 3 is 2.59 bits per heavy atom. The SMILES string of the molecule is CC(=N)C1=CC(Cl)=CC(Oc2c(C(F)(F)F)ncn(Cc3cc(-c4cccc(S(C)(=O)=O)c4)c(=O)[nH]n3)c2=O)C1C. The third-order valence-corrected chi connectivity index (χ3v) is 7.66. The number of hydrogen-bond acceptors (Lipinski definition) is 8. The number of nitrogens with one attached hydrogen (secondary N) is 2. The van der Waals surface area contributed by atoms with E-state index in [2.05, 4.69) is 15.2 Å². The van der Waals surface area contributed by atoms with Gasteiger partial charge in [-0.3, -0.25) is 14.2 Å². The first kappa shape index (κ1) is 29.9. The van der Waals surface area contributed by atoms with Crippen molar-refractivity contribution in [3.63, 3.8) is 0 Å². The van der Waals surface area contributed by atoms with Crippen LogP contribution in [0.4, 0.5) is 13.2 Å². The Morgan fingerprint density at radius 2 is 1.95 bits per heavy atom. The van der Waals surface area contributed by atoms with Gasteiger partial charge in [0.05, 0.1) is 29.0 Å². The smallest absolute Gasteiger partial charge is 0.437 e. The lowest BCUT2D eigenvalue weighted by Crippen LogP contribution is -2.34. The quantitative estimate of drug-likeness (QED) is 0.385. The predicted molar refractivity (Wildman–Crippen MR) is 145 cm³/mol. The molecule has 1 aliphatic rings. The number of aromatic nitrogens is 4. The van der Waals surface area contributed by atoms with Crippen LogP contribution >= 0.6 is 11.6 Å². The van der Waals surface area contributed by atoms with Crippen LogP contribution in [0, 0.1) is 11.3 Å². The third kappa shape index (κ3) is 6.49. The van der Waals surface area contributed by atoms with Gasteiger partial charge in [-0.05, 0) is 48.4 Å². The van der Waals surface area contributed by atoms with Gasteiger partial charge in [-0.2, -0.15) is 18.3 Å². The lowest BCUT2D eigenvalue weighted by molar-refractivity contribution is -0.143. The van der Waals surface area contributed by atoms with Crippen molar-refractivity contribution in [1.29, 1.82) is 5.41 Å². The summed E-state index contributed by atoms with van der Waals surface area (Å²) >= 11 is 6.12.